The van der Waals surface area contributed by atoms with Crippen LogP contribution in [0.2, 0.25) is 0 Å². The summed E-state index contributed by atoms with van der Waals surface area (Å²) in [5, 5.41) is 2.30. The molecule has 0 aromatic heterocycles. The van der Waals surface area contributed by atoms with Crippen molar-refractivity contribution in [2.24, 2.45) is 0 Å². The number of hydrogen-bond acceptors (Lipinski definition) is 3. The number of anilines is 1. The molecule has 0 aliphatic heterocycles. The van der Waals surface area contributed by atoms with Gasteiger partial charge in [0.25, 0.3) is 5.91 Å². The number of carbonyl (C=O) groups excluding carboxylic acids is 2. The molecule has 0 spiro atoms. The Morgan fingerprint density at radius 1 is 0.963 bits per heavy atom. The molecule has 2 rings (SSSR count). The molecular formula is C18H14F5NO3. The number of alkyl halides is 5. The minimum atomic E-state index is -4.60. The fraction of sp³-hybridized carbons (Fsp3) is 0.222. The van der Waals surface area contributed by atoms with Gasteiger partial charge in [-0.3, -0.25) is 4.79 Å². The van der Waals surface area contributed by atoms with Crippen molar-refractivity contribution in [3.05, 3.63) is 65.2 Å². The zero-order valence-electron chi connectivity index (χ0n) is 13.9. The van der Waals surface area contributed by atoms with E-state index < -0.39 is 35.1 Å². The molecule has 0 bridgehead atoms. The summed E-state index contributed by atoms with van der Waals surface area (Å²) in [4.78, 5) is 23.4. The number of esters is 1. The van der Waals surface area contributed by atoms with Crippen molar-refractivity contribution in [2.45, 2.75) is 19.0 Å². The number of carbonyl (C=O) groups is 2. The number of amides is 1. The monoisotopic (exact) mass is 387 g/mol. The predicted molar refractivity (Wildman–Crippen MR) is 86.4 cm³/mol. The van der Waals surface area contributed by atoms with E-state index in [1.807, 2.05) is 0 Å². The van der Waals surface area contributed by atoms with Crippen LogP contribution in [0.1, 0.15) is 28.4 Å². The van der Waals surface area contributed by atoms with Gasteiger partial charge in [-0.15, -0.1) is 0 Å². The van der Waals surface area contributed by atoms with Gasteiger partial charge in [0.15, 0.2) is 0 Å². The molecule has 0 unspecified atom stereocenters. The van der Waals surface area contributed by atoms with Crippen LogP contribution in [0.25, 0.3) is 0 Å². The van der Waals surface area contributed by atoms with E-state index in [-0.39, 0.29) is 17.9 Å². The normalized spacial score (nSPS) is 11.8. The third kappa shape index (κ3) is 4.81. The lowest BCUT2D eigenvalue weighted by Gasteiger charge is -2.15. The first-order chi connectivity index (χ1) is 12.6. The first-order valence-electron chi connectivity index (χ1n) is 7.70. The van der Waals surface area contributed by atoms with E-state index in [4.69, 9.17) is 0 Å². The quantitative estimate of drug-likeness (QED) is 0.602. The lowest BCUT2D eigenvalue weighted by atomic mass is 10.1. The van der Waals surface area contributed by atoms with Crippen LogP contribution in [0, 0.1) is 0 Å². The first-order valence-corrected chi connectivity index (χ1v) is 7.70. The van der Waals surface area contributed by atoms with E-state index in [1.54, 1.807) is 0 Å². The highest BCUT2D eigenvalue weighted by Crippen LogP contribution is 2.31. The van der Waals surface area contributed by atoms with Crippen LogP contribution in [-0.4, -0.2) is 18.5 Å². The maximum Gasteiger partial charge on any atom is 0.416 e. The molecule has 9 heteroatoms. The second-order valence-corrected chi connectivity index (χ2v) is 5.40. The average molecular weight is 387 g/mol. The molecule has 0 fully saturated rings. The second kappa shape index (κ2) is 7.73. The van der Waals surface area contributed by atoms with Gasteiger partial charge in [-0.2, -0.15) is 22.0 Å². The molecule has 0 atom stereocenters. The Morgan fingerprint density at radius 3 is 2.15 bits per heavy atom. The van der Waals surface area contributed by atoms with E-state index >= 15 is 0 Å². The molecular weight excluding hydrogens is 373 g/mol. The topological polar surface area (TPSA) is 55.4 Å². The van der Waals surface area contributed by atoms with Gasteiger partial charge in [-0.25, -0.2) is 4.79 Å². The predicted octanol–water partition coefficient (Wildman–Crippen LogP) is 4.61. The lowest BCUT2D eigenvalue weighted by molar-refractivity contribution is -0.173. The fourth-order valence-corrected chi connectivity index (χ4v) is 2.14. The van der Waals surface area contributed by atoms with E-state index in [0.29, 0.717) is 6.07 Å². The molecule has 0 heterocycles. The number of nitrogens with one attached hydrogen (secondary N) is 1. The molecule has 2 aromatic carbocycles. The van der Waals surface area contributed by atoms with E-state index in [9.17, 15) is 31.5 Å². The van der Waals surface area contributed by atoms with Crippen molar-refractivity contribution in [1.29, 1.82) is 0 Å². The Kier molecular flexibility index (Phi) is 5.82. The molecule has 0 saturated heterocycles. The van der Waals surface area contributed by atoms with Gasteiger partial charge in [0.05, 0.1) is 12.2 Å². The third-order valence-corrected chi connectivity index (χ3v) is 3.49. The molecule has 1 N–H and O–H groups in total. The standard InChI is InChI=1S/C18H14F5NO3/c1-2-27-16(26)17(19,20)12-6-8-14(9-7-12)24-15(25)11-4-3-5-13(10-11)18(21,22)23/h3-10H,2H2,1H3,(H,24,25). The van der Waals surface area contributed by atoms with Gasteiger partial charge in [0, 0.05) is 16.8 Å². The van der Waals surface area contributed by atoms with Crippen LogP contribution in [0.4, 0.5) is 27.6 Å². The molecule has 27 heavy (non-hydrogen) atoms. The Labute approximate surface area is 150 Å². The maximum atomic E-state index is 13.9. The van der Waals surface area contributed by atoms with E-state index in [2.05, 4.69) is 10.1 Å². The molecule has 144 valence electrons. The SMILES string of the molecule is CCOC(=O)C(F)(F)c1ccc(NC(=O)c2cccc(C(F)(F)F)c2)cc1. The number of hydrogen-bond donors (Lipinski definition) is 1. The number of ether oxygens (including phenoxy) is 1. The molecule has 0 aliphatic rings. The van der Waals surface area contributed by atoms with Crippen molar-refractivity contribution in [1.82, 2.24) is 0 Å². The van der Waals surface area contributed by atoms with Gasteiger partial charge in [0.1, 0.15) is 0 Å². The molecule has 0 aliphatic carbocycles. The van der Waals surface area contributed by atoms with Crippen LogP contribution < -0.4 is 5.32 Å². The van der Waals surface area contributed by atoms with Gasteiger partial charge < -0.3 is 10.1 Å². The highest BCUT2D eigenvalue weighted by atomic mass is 19.4. The maximum absolute atomic E-state index is 13.9. The molecule has 0 saturated carbocycles. The highest BCUT2D eigenvalue weighted by Gasteiger charge is 2.42. The van der Waals surface area contributed by atoms with Crippen molar-refractivity contribution in [3.8, 4) is 0 Å². The molecule has 0 radical (unpaired) electrons. The Hall–Kier alpha value is -2.97. The van der Waals surface area contributed by atoms with E-state index in [0.717, 1.165) is 36.4 Å². The van der Waals surface area contributed by atoms with Gasteiger partial charge in [0.2, 0.25) is 0 Å². The minimum Gasteiger partial charge on any atom is -0.461 e. The zero-order valence-corrected chi connectivity index (χ0v) is 13.9. The highest BCUT2D eigenvalue weighted by molar-refractivity contribution is 6.04. The van der Waals surface area contributed by atoms with Crippen molar-refractivity contribution in [2.75, 3.05) is 11.9 Å². The first kappa shape index (κ1) is 20.3. The van der Waals surface area contributed by atoms with Crippen LogP contribution in [0.5, 0.6) is 0 Å². The number of benzene rings is 2. The van der Waals surface area contributed by atoms with Gasteiger partial charge in [-0.05, 0) is 37.3 Å². The lowest BCUT2D eigenvalue weighted by Crippen LogP contribution is -2.28. The number of rotatable bonds is 5. The molecule has 1 amide bonds. The summed E-state index contributed by atoms with van der Waals surface area (Å²) in [7, 11) is 0. The summed E-state index contributed by atoms with van der Waals surface area (Å²) in [6, 6.07) is 7.82. The Morgan fingerprint density at radius 2 is 1.59 bits per heavy atom. The summed E-state index contributed by atoms with van der Waals surface area (Å²) in [6.07, 6.45) is -4.60. The largest absolute Gasteiger partial charge is 0.461 e. The molecule has 2 aromatic rings. The van der Waals surface area contributed by atoms with E-state index in [1.165, 1.54) is 13.0 Å². The van der Waals surface area contributed by atoms with Gasteiger partial charge in [-0.1, -0.05) is 18.2 Å². The fourth-order valence-electron chi connectivity index (χ4n) is 2.14. The smallest absolute Gasteiger partial charge is 0.416 e. The van der Waals surface area contributed by atoms with Crippen LogP contribution >= 0.6 is 0 Å². The Bertz CT molecular complexity index is 832. The van der Waals surface area contributed by atoms with Crippen molar-refractivity contribution < 1.29 is 36.3 Å². The summed E-state index contributed by atoms with van der Waals surface area (Å²) in [6.45, 7) is 1.18. The third-order valence-electron chi connectivity index (χ3n) is 3.49. The summed E-state index contributed by atoms with van der Waals surface area (Å²) in [5.74, 6) is -6.41. The molecule has 4 nitrogen and oxygen atoms in total. The second-order valence-electron chi connectivity index (χ2n) is 5.40. The van der Waals surface area contributed by atoms with Crippen molar-refractivity contribution in [3.63, 3.8) is 0 Å². The summed E-state index contributed by atoms with van der Waals surface area (Å²) in [5.41, 5.74) is -1.80. The summed E-state index contributed by atoms with van der Waals surface area (Å²) < 4.78 is 70.2. The zero-order chi connectivity index (χ0) is 20.2. The van der Waals surface area contributed by atoms with Crippen LogP contribution in [0.15, 0.2) is 48.5 Å². The van der Waals surface area contributed by atoms with Crippen LogP contribution in [-0.2, 0) is 21.6 Å². The number of halogens is 5. The Balaban J connectivity index is 2.15. The van der Waals surface area contributed by atoms with Crippen molar-refractivity contribution >= 4 is 17.6 Å². The average Bonchev–Trinajstić information content (AvgIpc) is 2.61. The minimum absolute atomic E-state index is 0.0702. The summed E-state index contributed by atoms with van der Waals surface area (Å²) >= 11 is 0. The van der Waals surface area contributed by atoms with Gasteiger partial charge >= 0.3 is 18.1 Å². The van der Waals surface area contributed by atoms with Crippen LogP contribution in [0.3, 0.4) is 0 Å².